The summed E-state index contributed by atoms with van der Waals surface area (Å²) in [7, 11) is 4.16. The molecule has 4 heteroatoms. The molecule has 0 spiro atoms. The SMILES string of the molecule is CNCC(C)(C)CN(C)Cc1ccc(Cl)s1. The minimum absolute atomic E-state index is 0.296. The van der Waals surface area contributed by atoms with E-state index in [0.29, 0.717) is 5.41 Å². The highest BCUT2D eigenvalue weighted by molar-refractivity contribution is 7.16. The van der Waals surface area contributed by atoms with E-state index in [4.69, 9.17) is 11.6 Å². The Morgan fingerprint density at radius 3 is 2.62 bits per heavy atom. The van der Waals surface area contributed by atoms with Crippen LogP contribution in [0.4, 0.5) is 0 Å². The van der Waals surface area contributed by atoms with Crippen molar-refractivity contribution in [1.82, 2.24) is 10.2 Å². The Kier molecular flexibility index (Phi) is 5.25. The molecule has 0 bridgehead atoms. The average Bonchev–Trinajstić information content (AvgIpc) is 2.49. The molecule has 1 aromatic heterocycles. The summed E-state index contributed by atoms with van der Waals surface area (Å²) in [5.41, 5.74) is 0.296. The molecule has 1 heterocycles. The number of nitrogens with zero attached hydrogens (tertiary/aromatic N) is 1. The fourth-order valence-electron chi connectivity index (χ4n) is 2.02. The first-order valence-electron chi connectivity index (χ1n) is 5.50. The molecule has 0 saturated heterocycles. The van der Waals surface area contributed by atoms with Crippen molar-refractivity contribution in [1.29, 1.82) is 0 Å². The van der Waals surface area contributed by atoms with Crippen molar-refractivity contribution in [2.45, 2.75) is 20.4 Å². The van der Waals surface area contributed by atoms with Gasteiger partial charge in [0.25, 0.3) is 0 Å². The molecule has 16 heavy (non-hydrogen) atoms. The van der Waals surface area contributed by atoms with E-state index in [1.165, 1.54) is 4.88 Å². The number of halogens is 1. The van der Waals surface area contributed by atoms with Crippen LogP contribution in [0.2, 0.25) is 4.34 Å². The summed E-state index contributed by atoms with van der Waals surface area (Å²) >= 11 is 7.58. The fourth-order valence-corrected chi connectivity index (χ4v) is 3.19. The van der Waals surface area contributed by atoms with Gasteiger partial charge in [0.15, 0.2) is 0 Å². The van der Waals surface area contributed by atoms with E-state index in [-0.39, 0.29) is 0 Å². The maximum atomic E-state index is 5.92. The Balaban J connectivity index is 2.44. The molecule has 1 rings (SSSR count). The van der Waals surface area contributed by atoms with Crippen molar-refractivity contribution in [2.24, 2.45) is 5.41 Å². The topological polar surface area (TPSA) is 15.3 Å². The quantitative estimate of drug-likeness (QED) is 0.846. The summed E-state index contributed by atoms with van der Waals surface area (Å²) in [4.78, 5) is 3.67. The summed E-state index contributed by atoms with van der Waals surface area (Å²) in [5, 5.41) is 3.24. The molecule has 2 nitrogen and oxygen atoms in total. The maximum Gasteiger partial charge on any atom is 0.0931 e. The predicted molar refractivity (Wildman–Crippen MR) is 73.4 cm³/mol. The molecule has 0 aliphatic rings. The van der Waals surface area contributed by atoms with Crippen LogP contribution in [0.1, 0.15) is 18.7 Å². The second-order valence-corrected chi connectivity index (χ2v) is 6.87. The molecule has 0 unspecified atom stereocenters. The first-order chi connectivity index (χ1) is 7.43. The van der Waals surface area contributed by atoms with E-state index in [9.17, 15) is 0 Å². The molecule has 1 aromatic rings. The molecule has 0 aromatic carbocycles. The zero-order valence-electron chi connectivity index (χ0n) is 10.5. The number of thiophene rings is 1. The lowest BCUT2D eigenvalue weighted by molar-refractivity contribution is 0.203. The van der Waals surface area contributed by atoms with Gasteiger partial charge in [-0.25, -0.2) is 0 Å². The smallest absolute Gasteiger partial charge is 0.0931 e. The normalized spacial score (nSPS) is 12.4. The van der Waals surface area contributed by atoms with Crippen LogP contribution >= 0.6 is 22.9 Å². The van der Waals surface area contributed by atoms with Gasteiger partial charge in [-0.05, 0) is 31.6 Å². The molecule has 92 valence electrons. The minimum Gasteiger partial charge on any atom is -0.319 e. The van der Waals surface area contributed by atoms with Crippen LogP contribution < -0.4 is 5.32 Å². The van der Waals surface area contributed by atoms with Gasteiger partial charge in [0.05, 0.1) is 4.34 Å². The monoisotopic (exact) mass is 260 g/mol. The molecule has 0 atom stereocenters. The van der Waals surface area contributed by atoms with Crippen LogP contribution in [0.15, 0.2) is 12.1 Å². The Morgan fingerprint density at radius 1 is 1.44 bits per heavy atom. The number of hydrogen-bond donors (Lipinski definition) is 1. The highest BCUT2D eigenvalue weighted by Gasteiger charge is 2.19. The summed E-state index contributed by atoms with van der Waals surface area (Å²) < 4.78 is 0.873. The molecular formula is C12H21ClN2S. The molecule has 0 aliphatic heterocycles. The van der Waals surface area contributed by atoms with E-state index in [1.807, 2.05) is 13.1 Å². The van der Waals surface area contributed by atoms with Gasteiger partial charge in [0.1, 0.15) is 0 Å². The lowest BCUT2D eigenvalue weighted by Crippen LogP contribution is -2.37. The average molecular weight is 261 g/mol. The largest absolute Gasteiger partial charge is 0.319 e. The zero-order chi connectivity index (χ0) is 12.2. The number of nitrogens with one attached hydrogen (secondary N) is 1. The Bertz CT molecular complexity index is 323. The molecule has 1 N–H and O–H groups in total. The van der Waals surface area contributed by atoms with Gasteiger partial charge in [-0.3, -0.25) is 0 Å². The van der Waals surface area contributed by atoms with E-state index in [1.54, 1.807) is 11.3 Å². The molecule has 0 radical (unpaired) electrons. The minimum atomic E-state index is 0.296. The summed E-state index contributed by atoms with van der Waals surface area (Å²) in [6.45, 7) is 7.64. The molecule has 0 saturated carbocycles. The van der Waals surface area contributed by atoms with E-state index >= 15 is 0 Å². The lowest BCUT2D eigenvalue weighted by Gasteiger charge is -2.29. The highest BCUT2D eigenvalue weighted by atomic mass is 35.5. The van der Waals surface area contributed by atoms with Crippen LogP contribution in [0.3, 0.4) is 0 Å². The first kappa shape index (κ1) is 14.0. The molecule has 0 aliphatic carbocycles. The van der Waals surface area contributed by atoms with Crippen molar-refractivity contribution < 1.29 is 0 Å². The Labute approximate surface area is 108 Å². The van der Waals surface area contributed by atoms with Gasteiger partial charge >= 0.3 is 0 Å². The van der Waals surface area contributed by atoms with Gasteiger partial charge in [-0.1, -0.05) is 25.4 Å². The highest BCUT2D eigenvalue weighted by Crippen LogP contribution is 2.23. The summed E-state index contributed by atoms with van der Waals surface area (Å²) in [6.07, 6.45) is 0. The molecule has 0 fully saturated rings. The van der Waals surface area contributed by atoms with Crippen LogP contribution in [-0.2, 0) is 6.54 Å². The predicted octanol–water partition coefficient (Wildman–Crippen LogP) is 3.08. The first-order valence-corrected chi connectivity index (χ1v) is 6.70. The maximum absolute atomic E-state index is 5.92. The van der Waals surface area contributed by atoms with E-state index < -0.39 is 0 Å². The van der Waals surface area contributed by atoms with E-state index in [0.717, 1.165) is 24.0 Å². The lowest BCUT2D eigenvalue weighted by atomic mass is 9.93. The van der Waals surface area contributed by atoms with E-state index in [2.05, 4.69) is 37.2 Å². The Morgan fingerprint density at radius 2 is 2.12 bits per heavy atom. The summed E-state index contributed by atoms with van der Waals surface area (Å²) in [5.74, 6) is 0. The van der Waals surface area contributed by atoms with Crippen molar-refractivity contribution >= 4 is 22.9 Å². The third-order valence-electron chi connectivity index (χ3n) is 2.41. The van der Waals surface area contributed by atoms with Crippen LogP contribution in [0.5, 0.6) is 0 Å². The van der Waals surface area contributed by atoms with Gasteiger partial charge in [-0.2, -0.15) is 0 Å². The van der Waals surface area contributed by atoms with Crippen LogP contribution in [0.25, 0.3) is 0 Å². The standard InChI is InChI=1S/C12H21ClN2S/c1-12(2,8-14-3)9-15(4)7-10-5-6-11(13)16-10/h5-6,14H,7-9H2,1-4H3. The number of hydrogen-bond acceptors (Lipinski definition) is 3. The van der Waals surface area contributed by atoms with Crippen molar-refractivity contribution in [2.75, 3.05) is 27.2 Å². The second-order valence-electron chi connectivity index (χ2n) is 5.07. The van der Waals surface area contributed by atoms with Gasteiger partial charge < -0.3 is 10.2 Å². The van der Waals surface area contributed by atoms with Crippen molar-refractivity contribution in [3.05, 3.63) is 21.3 Å². The van der Waals surface area contributed by atoms with Crippen LogP contribution in [-0.4, -0.2) is 32.1 Å². The molecular weight excluding hydrogens is 240 g/mol. The van der Waals surface area contributed by atoms with Crippen molar-refractivity contribution in [3.63, 3.8) is 0 Å². The van der Waals surface area contributed by atoms with Gasteiger partial charge in [-0.15, -0.1) is 11.3 Å². The molecule has 0 amide bonds. The summed E-state index contributed by atoms with van der Waals surface area (Å²) in [6, 6.07) is 4.07. The fraction of sp³-hybridized carbons (Fsp3) is 0.667. The second kappa shape index (κ2) is 6.01. The van der Waals surface area contributed by atoms with Crippen molar-refractivity contribution in [3.8, 4) is 0 Å². The van der Waals surface area contributed by atoms with Gasteiger partial charge in [0.2, 0.25) is 0 Å². The Hall–Kier alpha value is -0.0900. The van der Waals surface area contributed by atoms with Gasteiger partial charge in [0, 0.05) is 24.5 Å². The third kappa shape index (κ3) is 4.83. The van der Waals surface area contributed by atoms with Crippen LogP contribution in [0, 0.1) is 5.41 Å². The number of rotatable bonds is 6. The zero-order valence-corrected chi connectivity index (χ0v) is 12.1. The third-order valence-corrected chi connectivity index (χ3v) is 3.62.